The lowest BCUT2D eigenvalue weighted by atomic mass is 10.2. The van der Waals surface area contributed by atoms with Crippen molar-refractivity contribution in [3.8, 4) is 0 Å². The Morgan fingerprint density at radius 1 is 1.33 bits per heavy atom. The summed E-state index contributed by atoms with van der Waals surface area (Å²) in [5, 5.41) is 7.60. The standard InChI is InChI=1S/C14H14F4N6/c1-7-9(12(15)24(2)23-7)6-19-22-13-20-10(8-3-4-8)5-11(21-13)14(16,17)18/h5-6,8H,3-4H2,1-2H3,(H,20,21,22)/b19-6+. The van der Waals surface area contributed by atoms with Crippen LogP contribution in [-0.4, -0.2) is 26.0 Å². The van der Waals surface area contributed by atoms with Crippen LogP contribution in [0.15, 0.2) is 11.2 Å². The van der Waals surface area contributed by atoms with Gasteiger partial charge in [-0.15, -0.1) is 0 Å². The van der Waals surface area contributed by atoms with Crippen molar-refractivity contribution in [1.29, 1.82) is 0 Å². The number of alkyl halides is 3. The highest BCUT2D eigenvalue weighted by molar-refractivity contribution is 5.81. The monoisotopic (exact) mass is 342 g/mol. The van der Waals surface area contributed by atoms with E-state index in [1.807, 2.05) is 0 Å². The summed E-state index contributed by atoms with van der Waals surface area (Å²) in [4.78, 5) is 7.46. The maximum atomic E-state index is 13.7. The summed E-state index contributed by atoms with van der Waals surface area (Å²) >= 11 is 0. The van der Waals surface area contributed by atoms with Gasteiger partial charge in [-0.2, -0.15) is 27.8 Å². The van der Waals surface area contributed by atoms with Crippen molar-refractivity contribution in [2.45, 2.75) is 31.9 Å². The lowest BCUT2D eigenvalue weighted by Crippen LogP contribution is -2.12. The summed E-state index contributed by atoms with van der Waals surface area (Å²) in [5.74, 6) is -0.844. The fourth-order valence-electron chi connectivity index (χ4n) is 2.20. The average Bonchev–Trinajstić information content (AvgIpc) is 3.31. The maximum absolute atomic E-state index is 13.7. The number of halogens is 4. The molecule has 128 valence electrons. The van der Waals surface area contributed by atoms with Crippen LogP contribution in [0.5, 0.6) is 0 Å². The molecule has 1 aliphatic rings. The number of anilines is 1. The molecule has 0 radical (unpaired) electrons. The van der Waals surface area contributed by atoms with Crippen LogP contribution in [0.25, 0.3) is 0 Å². The Hall–Kier alpha value is -2.52. The van der Waals surface area contributed by atoms with E-state index in [0.717, 1.165) is 29.8 Å². The van der Waals surface area contributed by atoms with Gasteiger partial charge in [-0.1, -0.05) is 0 Å². The number of aryl methyl sites for hydroxylation is 2. The van der Waals surface area contributed by atoms with E-state index < -0.39 is 17.8 Å². The molecule has 6 nitrogen and oxygen atoms in total. The summed E-state index contributed by atoms with van der Waals surface area (Å²) in [5.41, 5.74) is 2.19. The second-order valence-electron chi connectivity index (χ2n) is 5.56. The molecule has 0 atom stereocenters. The minimum atomic E-state index is -4.57. The molecule has 0 unspecified atom stereocenters. The molecule has 24 heavy (non-hydrogen) atoms. The number of hydrazone groups is 1. The van der Waals surface area contributed by atoms with Gasteiger partial charge in [-0.05, 0) is 25.8 Å². The third-order valence-electron chi connectivity index (χ3n) is 3.59. The van der Waals surface area contributed by atoms with E-state index in [4.69, 9.17) is 0 Å². The van der Waals surface area contributed by atoms with Gasteiger partial charge >= 0.3 is 6.18 Å². The van der Waals surface area contributed by atoms with Crippen LogP contribution >= 0.6 is 0 Å². The minimum Gasteiger partial charge on any atom is -0.245 e. The summed E-state index contributed by atoms with van der Waals surface area (Å²) in [6, 6.07) is 0.956. The van der Waals surface area contributed by atoms with E-state index in [2.05, 4.69) is 25.6 Å². The number of rotatable bonds is 4. The summed E-state index contributed by atoms with van der Waals surface area (Å²) in [6.45, 7) is 1.59. The first-order chi connectivity index (χ1) is 11.3. The lowest BCUT2D eigenvalue weighted by Gasteiger charge is -2.09. The van der Waals surface area contributed by atoms with Gasteiger partial charge in [0.2, 0.25) is 11.9 Å². The van der Waals surface area contributed by atoms with Gasteiger partial charge in [0, 0.05) is 18.7 Å². The summed E-state index contributed by atoms with van der Waals surface area (Å²) in [6.07, 6.45) is -1.83. The van der Waals surface area contributed by atoms with Crippen LogP contribution in [0.4, 0.5) is 23.5 Å². The van der Waals surface area contributed by atoms with Gasteiger partial charge in [-0.25, -0.2) is 20.1 Å². The molecule has 0 spiro atoms. The number of nitrogens with zero attached hydrogens (tertiary/aromatic N) is 5. The molecule has 0 bridgehead atoms. The van der Waals surface area contributed by atoms with Gasteiger partial charge in [0.1, 0.15) is 5.69 Å². The number of hydrogen-bond acceptors (Lipinski definition) is 5. The van der Waals surface area contributed by atoms with Crippen molar-refractivity contribution in [2.75, 3.05) is 5.43 Å². The van der Waals surface area contributed by atoms with Crippen LogP contribution in [0.3, 0.4) is 0 Å². The van der Waals surface area contributed by atoms with Crippen molar-refractivity contribution in [2.24, 2.45) is 12.1 Å². The number of nitrogens with one attached hydrogen (secondary N) is 1. The first-order valence-corrected chi connectivity index (χ1v) is 7.20. The van der Waals surface area contributed by atoms with Gasteiger partial charge in [0.15, 0.2) is 0 Å². The molecule has 1 N–H and O–H groups in total. The highest BCUT2D eigenvalue weighted by atomic mass is 19.4. The van der Waals surface area contributed by atoms with E-state index in [9.17, 15) is 17.6 Å². The fraction of sp³-hybridized carbons (Fsp3) is 0.429. The highest BCUT2D eigenvalue weighted by Gasteiger charge is 2.36. The molecule has 1 fully saturated rings. The first kappa shape index (κ1) is 16.3. The molecule has 0 aliphatic heterocycles. The van der Waals surface area contributed by atoms with E-state index in [-0.39, 0.29) is 17.4 Å². The van der Waals surface area contributed by atoms with Crippen LogP contribution in [0.2, 0.25) is 0 Å². The Balaban J connectivity index is 1.84. The van der Waals surface area contributed by atoms with Crippen LogP contribution in [-0.2, 0) is 13.2 Å². The van der Waals surface area contributed by atoms with Crippen molar-refractivity contribution in [3.63, 3.8) is 0 Å². The molecule has 2 aromatic rings. The summed E-state index contributed by atoms with van der Waals surface area (Å²) < 4.78 is 53.5. The molecule has 2 heterocycles. The second kappa shape index (κ2) is 5.84. The Labute approximate surface area is 134 Å². The molecule has 1 aliphatic carbocycles. The molecular weight excluding hydrogens is 328 g/mol. The SMILES string of the molecule is Cc1nn(C)c(F)c1/C=N/Nc1nc(C2CC2)cc(C(F)(F)F)n1. The molecule has 0 aromatic carbocycles. The number of aromatic nitrogens is 4. The van der Waals surface area contributed by atoms with E-state index in [0.29, 0.717) is 11.4 Å². The normalized spacial score (nSPS) is 15.2. The fourth-order valence-corrected chi connectivity index (χ4v) is 2.20. The first-order valence-electron chi connectivity index (χ1n) is 7.20. The summed E-state index contributed by atoms with van der Waals surface area (Å²) in [7, 11) is 1.44. The Morgan fingerprint density at radius 2 is 2.04 bits per heavy atom. The Morgan fingerprint density at radius 3 is 2.58 bits per heavy atom. The molecule has 10 heteroatoms. The quantitative estimate of drug-likeness (QED) is 0.527. The van der Waals surface area contributed by atoms with E-state index >= 15 is 0 Å². The largest absolute Gasteiger partial charge is 0.433 e. The van der Waals surface area contributed by atoms with E-state index in [1.54, 1.807) is 6.92 Å². The lowest BCUT2D eigenvalue weighted by molar-refractivity contribution is -0.141. The molecule has 3 rings (SSSR count). The maximum Gasteiger partial charge on any atom is 0.433 e. The highest BCUT2D eigenvalue weighted by Crippen LogP contribution is 2.41. The van der Waals surface area contributed by atoms with E-state index in [1.165, 1.54) is 7.05 Å². The zero-order chi connectivity index (χ0) is 17.5. The van der Waals surface area contributed by atoms with Gasteiger partial charge < -0.3 is 0 Å². The second-order valence-corrected chi connectivity index (χ2v) is 5.56. The zero-order valence-corrected chi connectivity index (χ0v) is 12.9. The topological polar surface area (TPSA) is 68.0 Å². The molecular formula is C14H14F4N6. The smallest absolute Gasteiger partial charge is 0.245 e. The predicted octanol–water partition coefficient (Wildman–Crippen LogP) is 3.00. The molecule has 2 aromatic heterocycles. The Kier molecular flexibility index (Phi) is 3.98. The number of hydrogen-bond donors (Lipinski definition) is 1. The van der Waals surface area contributed by atoms with Crippen molar-refractivity contribution < 1.29 is 17.6 Å². The average molecular weight is 342 g/mol. The third kappa shape index (κ3) is 3.36. The molecule has 1 saturated carbocycles. The van der Waals surface area contributed by atoms with Gasteiger partial charge in [-0.3, -0.25) is 0 Å². The van der Waals surface area contributed by atoms with Gasteiger partial charge in [0.25, 0.3) is 0 Å². The van der Waals surface area contributed by atoms with Crippen LogP contribution in [0, 0.1) is 12.9 Å². The predicted molar refractivity (Wildman–Crippen MR) is 78.1 cm³/mol. The zero-order valence-electron chi connectivity index (χ0n) is 12.9. The van der Waals surface area contributed by atoms with Crippen LogP contribution < -0.4 is 5.43 Å². The minimum absolute atomic E-state index is 0.0247. The third-order valence-corrected chi connectivity index (χ3v) is 3.59. The molecule has 0 saturated heterocycles. The van der Waals surface area contributed by atoms with Crippen molar-refractivity contribution in [3.05, 3.63) is 34.7 Å². The Bertz CT molecular complexity index is 791. The van der Waals surface area contributed by atoms with Crippen LogP contribution in [0.1, 0.15) is 41.4 Å². The van der Waals surface area contributed by atoms with Crippen molar-refractivity contribution in [1.82, 2.24) is 19.7 Å². The van der Waals surface area contributed by atoms with Crippen molar-refractivity contribution >= 4 is 12.2 Å². The molecule has 0 amide bonds. The van der Waals surface area contributed by atoms with Gasteiger partial charge in [0.05, 0.1) is 17.5 Å².